The number of amides is 4. The molecule has 5 heterocycles. The number of aromatic nitrogens is 4. The summed E-state index contributed by atoms with van der Waals surface area (Å²) in [6.45, 7) is 12.8. The van der Waals surface area contributed by atoms with Crippen LogP contribution in [0.15, 0.2) is 59.0 Å². The molecule has 368 valence electrons. The van der Waals surface area contributed by atoms with Crippen LogP contribution in [-0.2, 0) is 40.3 Å². The maximum atomic E-state index is 14.0. The normalized spacial score (nSPS) is 17.4. The van der Waals surface area contributed by atoms with E-state index in [4.69, 9.17) is 21.3 Å². The highest BCUT2D eigenvalue weighted by molar-refractivity contribution is 7.91. The van der Waals surface area contributed by atoms with Gasteiger partial charge in [0.2, 0.25) is 23.6 Å². The first-order valence-electron chi connectivity index (χ1n) is 22.7. The average molecular weight is 1020 g/mol. The van der Waals surface area contributed by atoms with Crippen LogP contribution in [-0.4, -0.2) is 124 Å². The second kappa shape index (κ2) is 21.7. The first-order chi connectivity index (χ1) is 32.7. The van der Waals surface area contributed by atoms with E-state index in [0.717, 1.165) is 48.3 Å². The molecule has 7 rings (SSSR count). The first kappa shape index (κ1) is 51.5. The van der Waals surface area contributed by atoms with Crippen molar-refractivity contribution in [2.24, 2.45) is 10.4 Å². The maximum Gasteiger partial charge on any atom is 0.246 e. The molecule has 0 radical (unpaired) electrons. The van der Waals surface area contributed by atoms with Crippen LogP contribution < -0.4 is 16.0 Å². The lowest BCUT2D eigenvalue weighted by Gasteiger charge is -2.35. The number of nitrogens with zero attached hydrogens (tertiary/aromatic N) is 6. The van der Waals surface area contributed by atoms with Gasteiger partial charge in [-0.25, -0.2) is 13.4 Å². The SMILES string of the molecule is Cc1ncsc1-c1ccc(CNC(=O)[C@@H]2C[C@@H](O)CN2C(=O)C(NC(=O)COCCCS(=O)(=O)CCNC(=O)C[C@@H]2N=C(c3ccc(Cl)cc3)c3c(sc(C)c3C)-n3c(C)nnc32)C(C)(C)C)cc1. The Balaban J connectivity index is 0.863. The smallest absolute Gasteiger partial charge is 0.246 e. The predicted molar refractivity (Wildman–Crippen MR) is 267 cm³/mol. The quantitative estimate of drug-likeness (QED) is 0.0817. The first-order valence-corrected chi connectivity index (χ1v) is 26.6. The Hall–Kier alpha value is -5.38. The van der Waals surface area contributed by atoms with Crippen molar-refractivity contribution < 1.29 is 37.4 Å². The highest BCUT2D eigenvalue weighted by Crippen LogP contribution is 2.40. The molecule has 0 spiro atoms. The Morgan fingerprint density at radius 2 is 1.67 bits per heavy atom. The average Bonchev–Trinajstić information content (AvgIpc) is 4.06. The summed E-state index contributed by atoms with van der Waals surface area (Å²) < 4.78 is 33.5. The molecular weight excluding hydrogens is 962 g/mol. The van der Waals surface area contributed by atoms with E-state index in [1.807, 2.05) is 68.7 Å². The van der Waals surface area contributed by atoms with E-state index in [9.17, 15) is 32.7 Å². The number of ether oxygens (including phenoxy) is 1. The number of benzene rings is 2. The monoisotopic (exact) mass is 1020 g/mol. The molecule has 69 heavy (non-hydrogen) atoms. The van der Waals surface area contributed by atoms with Crippen LogP contribution >= 0.6 is 34.3 Å². The van der Waals surface area contributed by atoms with Crippen LogP contribution in [0, 0.1) is 33.1 Å². The fourth-order valence-electron chi connectivity index (χ4n) is 8.36. The number of β-amino-alcohol motifs (C(OH)–C–C–N with tert-alkyl or cyclic N) is 1. The molecule has 0 saturated carbocycles. The number of likely N-dealkylation sites (tertiary alicyclic amines) is 1. The van der Waals surface area contributed by atoms with Crippen molar-refractivity contribution in [3.05, 3.63) is 104 Å². The van der Waals surface area contributed by atoms with Crippen molar-refractivity contribution in [2.75, 3.05) is 37.8 Å². The third-order valence-corrected chi connectivity index (χ3v) is 16.3. The number of fused-ring (bicyclic) bond motifs is 3. The van der Waals surface area contributed by atoms with Crippen LogP contribution in [0.2, 0.25) is 5.02 Å². The topological polar surface area (TPSA) is 227 Å². The second-order valence-electron chi connectivity index (χ2n) is 18.5. The molecule has 4 N–H and O–H groups in total. The summed E-state index contributed by atoms with van der Waals surface area (Å²) in [5.74, 6) is -1.33. The van der Waals surface area contributed by atoms with E-state index in [2.05, 4.69) is 31.1 Å². The number of carbonyl (C=O) groups excluding carboxylic acids is 4. The molecule has 2 aliphatic heterocycles. The number of sulfone groups is 1. The lowest BCUT2D eigenvalue weighted by atomic mass is 9.85. The predicted octanol–water partition coefficient (Wildman–Crippen LogP) is 5.37. The lowest BCUT2D eigenvalue weighted by Crippen LogP contribution is -2.58. The molecule has 4 atom stereocenters. The summed E-state index contributed by atoms with van der Waals surface area (Å²) in [6, 6.07) is 12.4. The lowest BCUT2D eigenvalue weighted by molar-refractivity contribution is -0.144. The van der Waals surface area contributed by atoms with Crippen molar-refractivity contribution >= 4 is 73.5 Å². The fraction of sp³-hybridized carbons (Fsp3) is 0.458. The third kappa shape index (κ3) is 12.3. The molecule has 1 fully saturated rings. The largest absolute Gasteiger partial charge is 0.391 e. The van der Waals surface area contributed by atoms with Gasteiger partial charge in [-0.05, 0) is 68.4 Å². The van der Waals surface area contributed by atoms with Crippen LogP contribution in [0.1, 0.15) is 90.5 Å². The van der Waals surface area contributed by atoms with Crippen molar-refractivity contribution in [2.45, 2.75) is 98.5 Å². The number of carbonyl (C=O) groups is 4. The van der Waals surface area contributed by atoms with Crippen molar-refractivity contribution in [3.63, 3.8) is 0 Å². The molecule has 4 amide bonds. The van der Waals surface area contributed by atoms with E-state index in [-0.39, 0.29) is 57.0 Å². The Morgan fingerprint density at radius 1 is 0.957 bits per heavy atom. The standard InChI is InChI=1S/C48H58ClN9O8S3/c1-27-29(3)68-47-40(27)41(32-13-15-34(49)16-14-32)53-36(44-56-55-30(4)58(44)47)22-38(60)50-17-20-69(64,65)19-8-18-66-25-39(61)54-43(48(5,6)7)46(63)57-24-35(59)21-37(57)45(62)51-23-31-9-11-33(12-10-31)42-28(2)52-26-67-42/h9-16,26,35-37,43,59H,8,17-25H2,1-7H3,(H,50,60)(H,51,62)(H,54,61)/t35-,36+,37+,43?/m1/s1. The van der Waals surface area contributed by atoms with Crippen molar-refractivity contribution in [1.82, 2.24) is 40.6 Å². The zero-order valence-electron chi connectivity index (χ0n) is 39.7. The summed E-state index contributed by atoms with van der Waals surface area (Å²) >= 11 is 9.37. The van der Waals surface area contributed by atoms with Gasteiger partial charge in [-0.1, -0.05) is 68.8 Å². The molecule has 2 aliphatic rings. The minimum absolute atomic E-state index is 0.0491. The number of aryl methyl sites for hydroxylation is 3. The molecule has 1 unspecified atom stereocenters. The van der Waals surface area contributed by atoms with Crippen molar-refractivity contribution in [1.29, 1.82) is 0 Å². The van der Waals surface area contributed by atoms with Crippen molar-refractivity contribution in [3.8, 4) is 15.4 Å². The van der Waals surface area contributed by atoms with Gasteiger partial charge in [0, 0.05) is 53.7 Å². The Labute approximate surface area is 415 Å². The van der Waals surface area contributed by atoms with Gasteiger partial charge in [0.15, 0.2) is 15.7 Å². The second-order valence-corrected chi connectivity index (χ2v) is 23.3. The van der Waals surface area contributed by atoms with Gasteiger partial charge in [0.25, 0.3) is 0 Å². The van der Waals surface area contributed by atoms with E-state index >= 15 is 0 Å². The van der Waals surface area contributed by atoms with Gasteiger partial charge in [-0.3, -0.25) is 28.7 Å². The summed E-state index contributed by atoms with van der Waals surface area (Å²) in [5, 5.41) is 29.2. The van der Waals surface area contributed by atoms with Gasteiger partial charge < -0.3 is 30.7 Å². The van der Waals surface area contributed by atoms with E-state index < -0.39 is 69.7 Å². The molecule has 21 heteroatoms. The fourth-order valence-corrected chi connectivity index (χ4v) is 11.7. The minimum atomic E-state index is -3.62. The van der Waals surface area contributed by atoms with Crippen LogP contribution in [0.25, 0.3) is 15.4 Å². The third-order valence-electron chi connectivity index (χ3n) is 12.2. The van der Waals surface area contributed by atoms with Gasteiger partial charge >= 0.3 is 0 Å². The number of thiophene rings is 1. The molecule has 0 aliphatic carbocycles. The Bertz CT molecular complexity index is 2830. The van der Waals surface area contributed by atoms with E-state index in [1.54, 1.807) is 61.1 Å². The molecule has 2 aromatic carbocycles. The minimum Gasteiger partial charge on any atom is -0.391 e. The molecule has 3 aromatic heterocycles. The van der Waals surface area contributed by atoms with Crippen LogP contribution in [0.5, 0.6) is 0 Å². The van der Waals surface area contributed by atoms with Gasteiger partial charge in [-0.15, -0.1) is 32.9 Å². The van der Waals surface area contributed by atoms with Gasteiger partial charge in [-0.2, -0.15) is 0 Å². The number of aliphatic hydroxyl groups is 1. The van der Waals surface area contributed by atoms with Gasteiger partial charge in [0.05, 0.1) is 45.8 Å². The highest BCUT2D eigenvalue weighted by Gasteiger charge is 2.44. The number of rotatable bonds is 18. The highest BCUT2D eigenvalue weighted by atomic mass is 35.5. The number of hydrogen-bond acceptors (Lipinski definition) is 14. The number of nitrogens with one attached hydrogen (secondary N) is 3. The number of aliphatic imine (C=N–C) groups is 1. The van der Waals surface area contributed by atoms with E-state index in [0.29, 0.717) is 22.4 Å². The van der Waals surface area contributed by atoms with Gasteiger partial charge in [0.1, 0.15) is 35.6 Å². The Morgan fingerprint density at radius 3 is 2.35 bits per heavy atom. The molecule has 1 saturated heterocycles. The number of halogens is 1. The number of thiazole rings is 1. The Kier molecular flexibility index (Phi) is 16.2. The maximum absolute atomic E-state index is 14.0. The summed E-state index contributed by atoms with van der Waals surface area (Å²) in [6.07, 6.45) is -0.882. The summed E-state index contributed by atoms with van der Waals surface area (Å²) in [7, 11) is -3.62. The zero-order valence-corrected chi connectivity index (χ0v) is 42.9. The van der Waals surface area contributed by atoms with Crippen LogP contribution in [0.4, 0.5) is 0 Å². The van der Waals surface area contributed by atoms with E-state index in [1.165, 1.54) is 4.90 Å². The number of hydrogen-bond donors (Lipinski definition) is 4. The molecule has 0 bridgehead atoms. The zero-order chi connectivity index (χ0) is 49.8. The summed E-state index contributed by atoms with van der Waals surface area (Å²) in [5.41, 5.74) is 7.36. The molecule has 5 aromatic rings. The molecule has 17 nitrogen and oxygen atoms in total. The van der Waals surface area contributed by atoms with Crippen LogP contribution in [0.3, 0.4) is 0 Å². The number of aliphatic hydroxyl groups excluding tert-OH is 1. The molecular formula is C48H58ClN9O8S3. The summed E-state index contributed by atoms with van der Waals surface area (Å²) in [4.78, 5) is 66.9.